The summed E-state index contributed by atoms with van der Waals surface area (Å²) < 4.78 is 38.7. The van der Waals surface area contributed by atoms with Gasteiger partial charge in [-0.25, -0.2) is 9.78 Å². The lowest BCUT2D eigenvalue weighted by molar-refractivity contribution is -0.122. The zero-order valence-corrected chi connectivity index (χ0v) is 17.5. The molecule has 2 aromatic heterocycles. The Morgan fingerprint density at radius 1 is 1.27 bits per heavy atom. The van der Waals surface area contributed by atoms with Gasteiger partial charge in [-0.15, -0.1) is 0 Å². The lowest BCUT2D eigenvalue weighted by atomic mass is 10.1. The van der Waals surface area contributed by atoms with E-state index in [-0.39, 0.29) is 13.2 Å². The summed E-state index contributed by atoms with van der Waals surface area (Å²) in [5.41, 5.74) is 4.22. The Bertz CT molecular complexity index is 1170. The average Bonchev–Trinajstić information content (AvgIpc) is 3.53. The molecule has 0 atom stereocenters. The SMILES string of the molecule is O=C(NCC(F)(F)F)Nc1cccc(-c2cnc3cc(/C(=N\OCCO)C4CC4)ccn23)c1. The normalized spacial score (nSPS) is 14.4. The maximum atomic E-state index is 12.3. The van der Waals surface area contributed by atoms with Crippen LogP contribution in [-0.2, 0) is 4.84 Å². The van der Waals surface area contributed by atoms with Crippen molar-refractivity contribution in [3.05, 3.63) is 54.4 Å². The summed E-state index contributed by atoms with van der Waals surface area (Å²) in [6, 6.07) is 9.62. The molecule has 1 saturated carbocycles. The van der Waals surface area contributed by atoms with Crippen molar-refractivity contribution in [3.63, 3.8) is 0 Å². The molecular weight excluding hydrogens is 439 g/mol. The number of aromatic nitrogens is 2. The molecule has 1 fully saturated rings. The largest absolute Gasteiger partial charge is 0.405 e. The van der Waals surface area contributed by atoms with Gasteiger partial charge in [-0.1, -0.05) is 17.3 Å². The van der Waals surface area contributed by atoms with E-state index >= 15 is 0 Å². The Morgan fingerprint density at radius 2 is 2.09 bits per heavy atom. The molecule has 1 aliphatic carbocycles. The summed E-state index contributed by atoms with van der Waals surface area (Å²) in [6.45, 7) is -1.39. The van der Waals surface area contributed by atoms with Gasteiger partial charge in [0.25, 0.3) is 0 Å². The molecular formula is C22H22F3N5O3. The zero-order valence-electron chi connectivity index (χ0n) is 17.5. The Hall–Kier alpha value is -3.60. The maximum absolute atomic E-state index is 12.3. The van der Waals surface area contributed by atoms with Crippen LogP contribution in [0.2, 0.25) is 0 Å². The van der Waals surface area contributed by atoms with E-state index < -0.39 is 18.8 Å². The Labute approximate surface area is 187 Å². The molecule has 3 aromatic rings. The fourth-order valence-corrected chi connectivity index (χ4v) is 3.34. The molecule has 1 aliphatic rings. The van der Waals surface area contributed by atoms with Gasteiger partial charge in [-0.05, 0) is 37.1 Å². The molecule has 33 heavy (non-hydrogen) atoms. The van der Waals surface area contributed by atoms with Crippen molar-refractivity contribution in [2.45, 2.75) is 19.0 Å². The van der Waals surface area contributed by atoms with Crippen molar-refractivity contribution in [2.24, 2.45) is 11.1 Å². The molecule has 0 radical (unpaired) electrons. The number of aliphatic hydroxyl groups excluding tert-OH is 1. The number of fused-ring (bicyclic) bond motifs is 1. The summed E-state index contributed by atoms with van der Waals surface area (Å²) >= 11 is 0. The first-order chi connectivity index (χ1) is 15.8. The molecule has 8 nitrogen and oxygen atoms in total. The predicted molar refractivity (Wildman–Crippen MR) is 116 cm³/mol. The second kappa shape index (κ2) is 9.49. The number of urea groups is 1. The number of rotatable bonds is 8. The zero-order chi connectivity index (χ0) is 23.4. The van der Waals surface area contributed by atoms with Crippen LogP contribution in [0, 0.1) is 5.92 Å². The summed E-state index contributed by atoms with van der Waals surface area (Å²) in [4.78, 5) is 21.4. The molecule has 0 unspecified atom stereocenters. The minimum Gasteiger partial charge on any atom is -0.393 e. The highest BCUT2D eigenvalue weighted by Gasteiger charge is 2.30. The number of oxime groups is 1. The highest BCUT2D eigenvalue weighted by molar-refractivity contribution is 6.04. The minimum atomic E-state index is -4.48. The maximum Gasteiger partial charge on any atom is 0.405 e. The third kappa shape index (κ3) is 5.80. The van der Waals surface area contributed by atoms with Gasteiger partial charge in [0.2, 0.25) is 0 Å². The number of hydrogen-bond donors (Lipinski definition) is 3. The number of aliphatic hydroxyl groups is 1. The number of carbonyl (C=O) groups is 1. The van der Waals surface area contributed by atoms with Crippen LogP contribution in [0.5, 0.6) is 0 Å². The fourth-order valence-electron chi connectivity index (χ4n) is 3.34. The van der Waals surface area contributed by atoms with Crippen molar-refractivity contribution in [2.75, 3.05) is 25.1 Å². The predicted octanol–water partition coefficient (Wildman–Crippen LogP) is 3.81. The van der Waals surface area contributed by atoms with Crippen molar-refractivity contribution in [1.82, 2.24) is 14.7 Å². The van der Waals surface area contributed by atoms with Crippen LogP contribution in [0.4, 0.5) is 23.7 Å². The van der Waals surface area contributed by atoms with E-state index in [1.165, 1.54) is 0 Å². The Morgan fingerprint density at radius 3 is 2.82 bits per heavy atom. The van der Waals surface area contributed by atoms with E-state index in [0.717, 1.165) is 35.4 Å². The van der Waals surface area contributed by atoms with Crippen molar-refractivity contribution in [3.8, 4) is 11.3 Å². The number of carbonyl (C=O) groups excluding carboxylic acids is 1. The number of anilines is 1. The third-order valence-electron chi connectivity index (χ3n) is 4.98. The van der Waals surface area contributed by atoms with E-state index in [1.807, 2.05) is 28.8 Å². The number of nitrogens with zero attached hydrogens (tertiary/aromatic N) is 3. The van der Waals surface area contributed by atoms with Crippen LogP contribution in [0.15, 0.2) is 53.9 Å². The number of pyridine rings is 1. The van der Waals surface area contributed by atoms with Crippen LogP contribution in [0.25, 0.3) is 16.9 Å². The Kier molecular flexibility index (Phi) is 6.50. The van der Waals surface area contributed by atoms with Gasteiger partial charge >= 0.3 is 12.2 Å². The van der Waals surface area contributed by atoms with Crippen molar-refractivity contribution < 1.29 is 27.9 Å². The molecule has 4 rings (SSSR count). The first-order valence-electron chi connectivity index (χ1n) is 10.3. The average molecular weight is 461 g/mol. The second-order valence-corrected chi connectivity index (χ2v) is 7.60. The van der Waals surface area contributed by atoms with E-state index in [4.69, 9.17) is 9.94 Å². The van der Waals surface area contributed by atoms with Crippen LogP contribution in [-0.4, -0.2) is 52.2 Å². The van der Waals surface area contributed by atoms with Crippen LogP contribution < -0.4 is 10.6 Å². The smallest absolute Gasteiger partial charge is 0.393 e. The lowest BCUT2D eigenvalue weighted by Crippen LogP contribution is -2.36. The first-order valence-corrected chi connectivity index (χ1v) is 10.3. The van der Waals surface area contributed by atoms with Crippen molar-refractivity contribution >= 4 is 23.1 Å². The number of benzene rings is 1. The monoisotopic (exact) mass is 461 g/mol. The standard InChI is InChI=1S/C22H22F3N5O3/c23-22(24,25)13-27-21(32)28-17-3-1-2-15(10-17)18-12-26-19-11-16(6-7-30(18)19)20(14-4-5-14)29-33-9-8-31/h1-3,6-7,10-12,14,31H,4-5,8-9,13H2,(H2,27,28,32)/b29-20-. The first kappa shape index (κ1) is 22.6. The number of hydrogen-bond acceptors (Lipinski definition) is 5. The van der Waals surface area contributed by atoms with Gasteiger partial charge in [0.15, 0.2) is 0 Å². The molecule has 1 aromatic carbocycles. The molecule has 0 bridgehead atoms. The van der Waals surface area contributed by atoms with E-state index in [1.54, 1.807) is 29.7 Å². The topological polar surface area (TPSA) is 100 Å². The number of amides is 2. The molecule has 0 spiro atoms. The highest BCUT2D eigenvalue weighted by atomic mass is 19.4. The molecule has 174 valence electrons. The van der Waals surface area contributed by atoms with E-state index in [2.05, 4.69) is 15.5 Å². The van der Waals surface area contributed by atoms with Crippen LogP contribution in [0.3, 0.4) is 0 Å². The fraction of sp³-hybridized carbons (Fsp3) is 0.318. The molecule has 0 saturated heterocycles. The number of nitrogens with one attached hydrogen (secondary N) is 2. The molecule has 11 heteroatoms. The van der Waals surface area contributed by atoms with Gasteiger partial charge in [0.1, 0.15) is 18.8 Å². The van der Waals surface area contributed by atoms with Crippen molar-refractivity contribution in [1.29, 1.82) is 0 Å². The van der Waals surface area contributed by atoms with E-state index in [9.17, 15) is 18.0 Å². The highest BCUT2D eigenvalue weighted by Crippen LogP contribution is 2.34. The quantitative estimate of drug-likeness (QED) is 0.270. The Balaban J connectivity index is 1.54. The number of imidazole rings is 1. The summed E-state index contributed by atoms with van der Waals surface area (Å²) in [6.07, 6.45) is 1.11. The minimum absolute atomic E-state index is 0.109. The van der Waals surface area contributed by atoms with Gasteiger partial charge in [-0.3, -0.25) is 4.40 Å². The van der Waals surface area contributed by atoms with Crippen LogP contribution >= 0.6 is 0 Å². The lowest BCUT2D eigenvalue weighted by Gasteiger charge is -2.11. The van der Waals surface area contributed by atoms with Gasteiger partial charge in [0.05, 0.1) is 24.2 Å². The summed E-state index contributed by atoms with van der Waals surface area (Å²) in [5.74, 6) is 0.326. The molecule has 0 aliphatic heterocycles. The number of halogens is 3. The van der Waals surface area contributed by atoms with Gasteiger partial charge in [-0.2, -0.15) is 13.2 Å². The van der Waals surface area contributed by atoms with Gasteiger partial charge < -0.3 is 20.6 Å². The number of alkyl halides is 3. The third-order valence-corrected chi connectivity index (χ3v) is 4.98. The van der Waals surface area contributed by atoms with E-state index in [0.29, 0.717) is 17.3 Å². The molecule has 3 N–H and O–H groups in total. The second-order valence-electron chi connectivity index (χ2n) is 7.60. The van der Waals surface area contributed by atoms with Gasteiger partial charge in [0, 0.05) is 28.9 Å². The molecule has 2 heterocycles. The summed E-state index contributed by atoms with van der Waals surface area (Å²) in [5, 5.41) is 17.3. The molecule has 2 amide bonds. The van der Waals surface area contributed by atoms with Crippen LogP contribution in [0.1, 0.15) is 18.4 Å². The summed E-state index contributed by atoms with van der Waals surface area (Å²) in [7, 11) is 0.